The van der Waals surface area contributed by atoms with Gasteiger partial charge in [0.1, 0.15) is 18.4 Å². The summed E-state index contributed by atoms with van der Waals surface area (Å²) in [6.45, 7) is 0.480. The predicted octanol–water partition coefficient (Wildman–Crippen LogP) is 2.27. The zero-order chi connectivity index (χ0) is 12.9. The summed E-state index contributed by atoms with van der Waals surface area (Å²) in [5.41, 5.74) is 5.07. The Hall–Kier alpha value is -1.27. The first-order valence-electron chi connectivity index (χ1n) is 4.99. The van der Waals surface area contributed by atoms with E-state index in [1.807, 2.05) is 0 Å². The standard InChI is InChI=1S/C11H14F3NO2/c1-16-6-7-17-9-5-3-2-4-8(9)10(15)11(12,13)14/h2-5,10H,6-7,15H2,1H3. The summed E-state index contributed by atoms with van der Waals surface area (Å²) in [5, 5.41) is 0. The summed E-state index contributed by atoms with van der Waals surface area (Å²) >= 11 is 0. The van der Waals surface area contributed by atoms with Crippen LogP contribution in [0.4, 0.5) is 13.2 Å². The van der Waals surface area contributed by atoms with E-state index in [2.05, 4.69) is 0 Å². The van der Waals surface area contributed by atoms with Crippen molar-refractivity contribution in [3.63, 3.8) is 0 Å². The van der Waals surface area contributed by atoms with E-state index >= 15 is 0 Å². The van der Waals surface area contributed by atoms with Crippen molar-refractivity contribution in [2.75, 3.05) is 20.3 Å². The van der Waals surface area contributed by atoms with E-state index in [-0.39, 0.29) is 17.9 Å². The summed E-state index contributed by atoms with van der Waals surface area (Å²) in [7, 11) is 1.48. The Labute approximate surface area is 97.3 Å². The second kappa shape index (κ2) is 5.88. The molecule has 0 fully saturated rings. The molecule has 17 heavy (non-hydrogen) atoms. The number of rotatable bonds is 5. The number of benzene rings is 1. The van der Waals surface area contributed by atoms with Crippen molar-refractivity contribution in [3.05, 3.63) is 29.8 Å². The molecule has 0 saturated heterocycles. The summed E-state index contributed by atoms with van der Waals surface area (Å²) in [6, 6.07) is 3.80. The van der Waals surface area contributed by atoms with Gasteiger partial charge in [-0.05, 0) is 6.07 Å². The molecule has 0 radical (unpaired) electrons. The molecule has 0 amide bonds. The van der Waals surface area contributed by atoms with Crippen LogP contribution in [0.3, 0.4) is 0 Å². The lowest BCUT2D eigenvalue weighted by Gasteiger charge is -2.19. The van der Waals surface area contributed by atoms with Crippen LogP contribution in [0.1, 0.15) is 11.6 Å². The number of hydrogen-bond donors (Lipinski definition) is 1. The van der Waals surface area contributed by atoms with Gasteiger partial charge in [0.25, 0.3) is 0 Å². The Morgan fingerprint density at radius 1 is 1.24 bits per heavy atom. The highest BCUT2D eigenvalue weighted by atomic mass is 19.4. The van der Waals surface area contributed by atoms with Crippen LogP contribution in [-0.4, -0.2) is 26.5 Å². The number of hydrogen-bond acceptors (Lipinski definition) is 3. The van der Waals surface area contributed by atoms with Gasteiger partial charge in [-0.15, -0.1) is 0 Å². The van der Waals surface area contributed by atoms with Crippen molar-refractivity contribution in [1.29, 1.82) is 0 Å². The minimum absolute atomic E-state index is 0.0731. The Morgan fingerprint density at radius 3 is 2.47 bits per heavy atom. The molecule has 1 aromatic rings. The highest BCUT2D eigenvalue weighted by Crippen LogP contribution is 2.35. The molecule has 1 atom stereocenters. The van der Waals surface area contributed by atoms with Crippen molar-refractivity contribution >= 4 is 0 Å². The Bertz CT molecular complexity index is 355. The molecule has 1 aromatic carbocycles. The Morgan fingerprint density at radius 2 is 1.88 bits per heavy atom. The van der Waals surface area contributed by atoms with E-state index in [4.69, 9.17) is 15.2 Å². The fourth-order valence-electron chi connectivity index (χ4n) is 1.28. The van der Waals surface area contributed by atoms with E-state index in [9.17, 15) is 13.2 Å². The molecule has 0 aliphatic rings. The molecule has 0 saturated carbocycles. The van der Waals surface area contributed by atoms with E-state index < -0.39 is 12.2 Å². The highest BCUT2D eigenvalue weighted by Gasteiger charge is 2.39. The lowest BCUT2D eigenvalue weighted by atomic mass is 10.1. The summed E-state index contributed by atoms with van der Waals surface area (Å²) in [5.74, 6) is 0.134. The number of methoxy groups -OCH3 is 1. The molecule has 0 aromatic heterocycles. The lowest BCUT2D eigenvalue weighted by molar-refractivity contribution is -0.149. The average Bonchev–Trinajstić information content (AvgIpc) is 2.28. The van der Waals surface area contributed by atoms with Gasteiger partial charge in [0.05, 0.1) is 6.61 Å². The van der Waals surface area contributed by atoms with Gasteiger partial charge in [-0.1, -0.05) is 18.2 Å². The number of ether oxygens (including phenoxy) is 2. The van der Waals surface area contributed by atoms with Crippen molar-refractivity contribution in [1.82, 2.24) is 0 Å². The molecular weight excluding hydrogens is 235 g/mol. The minimum Gasteiger partial charge on any atom is -0.491 e. The van der Waals surface area contributed by atoms with E-state index in [0.717, 1.165) is 0 Å². The van der Waals surface area contributed by atoms with Crippen LogP contribution in [0.25, 0.3) is 0 Å². The predicted molar refractivity (Wildman–Crippen MR) is 56.8 cm³/mol. The molecule has 0 heterocycles. The van der Waals surface area contributed by atoms with Gasteiger partial charge in [0, 0.05) is 12.7 Å². The minimum atomic E-state index is -4.49. The van der Waals surface area contributed by atoms with Gasteiger partial charge in [0.2, 0.25) is 0 Å². The maximum atomic E-state index is 12.5. The molecule has 96 valence electrons. The van der Waals surface area contributed by atoms with Gasteiger partial charge in [0.15, 0.2) is 0 Å². The quantitative estimate of drug-likeness (QED) is 0.814. The number of para-hydroxylation sites is 1. The van der Waals surface area contributed by atoms with Crippen LogP contribution in [0.5, 0.6) is 5.75 Å². The third-order valence-corrected chi connectivity index (χ3v) is 2.15. The van der Waals surface area contributed by atoms with Gasteiger partial charge in [-0.2, -0.15) is 13.2 Å². The Kier molecular flexibility index (Phi) is 4.77. The van der Waals surface area contributed by atoms with Gasteiger partial charge in [-0.3, -0.25) is 0 Å². The SMILES string of the molecule is COCCOc1ccccc1C(N)C(F)(F)F. The van der Waals surface area contributed by atoms with Gasteiger partial charge in [-0.25, -0.2) is 0 Å². The fraction of sp³-hybridized carbons (Fsp3) is 0.455. The first-order chi connectivity index (χ1) is 7.96. The summed E-state index contributed by atoms with van der Waals surface area (Å²) in [6.07, 6.45) is -4.49. The monoisotopic (exact) mass is 249 g/mol. The summed E-state index contributed by atoms with van der Waals surface area (Å²) < 4.78 is 47.4. The van der Waals surface area contributed by atoms with Crippen LogP contribution in [0.15, 0.2) is 24.3 Å². The average molecular weight is 249 g/mol. The highest BCUT2D eigenvalue weighted by molar-refractivity contribution is 5.36. The molecule has 1 unspecified atom stereocenters. The molecule has 6 heteroatoms. The molecular formula is C11H14F3NO2. The molecule has 0 bridgehead atoms. The first-order valence-corrected chi connectivity index (χ1v) is 4.99. The third-order valence-electron chi connectivity index (χ3n) is 2.15. The Balaban J connectivity index is 2.84. The van der Waals surface area contributed by atoms with Crippen LogP contribution in [0, 0.1) is 0 Å². The normalized spacial score (nSPS) is 13.5. The van der Waals surface area contributed by atoms with Crippen molar-refractivity contribution < 1.29 is 22.6 Å². The summed E-state index contributed by atoms with van der Waals surface area (Å²) in [4.78, 5) is 0. The smallest absolute Gasteiger partial charge is 0.407 e. The number of alkyl halides is 3. The second-order valence-electron chi connectivity index (χ2n) is 3.40. The molecule has 3 nitrogen and oxygen atoms in total. The molecule has 0 spiro atoms. The van der Waals surface area contributed by atoms with Crippen LogP contribution >= 0.6 is 0 Å². The fourth-order valence-corrected chi connectivity index (χ4v) is 1.28. The van der Waals surface area contributed by atoms with Crippen molar-refractivity contribution in [3.8, 4) is 5.75 Å². The zero-order valence-corrected chi connectivity index (χ0v) is 9.33. The third kappa shape index (κ3) is 3.90. The van der Waals surface area contributed by atoms with Crippen LogP contribution in [0.2, 0.25) is 0 Å². The van der Waals surface area contributed by atoms with Gasteiger partial charge < -0.3 is 15.2 Å². The van der Waals surface area contributed by atoms with Gasteiger partial charge >= 0.3 is 6.18 Å². The van der Waals surface area contributed by atoms with Crippen molar-refractivity contribution in [2.24, 2.45) is 5.73 Å². The lowest BCUT2D eigenvalue weighted by Crippen LogP contribution is -2.29. The van der Waals surface area contributed by atoms with Crippen LogP contribution < -0.4 is 10.5 Å². The van der Waals surface area contributed by atoms with E-state index in [1.165, 1.54) is 25.3 Å². The maximum Gasteiger partial charge on any atom is 0.407 e. The molecule has 2 N–H and O–H groups in total. The molecule has 0 aliphatic heterocycles. The maximum absolute atomic E-state index is 12.5. The first kappa shape index (κ1) is 13.8. The van der Waals surface area contributed by atoms with Crippen molar-refractivity contribution in [2.45, 2.75) is 12.2 Å². The van der Waals surface area contributed by atoms with Crippen LogP contribution in [-0.2, 0) is 4.74 Å². The number of halogens is 3. The molecule has 1 rings (SSSR count). The zero-order valence-electron chi connectivity index (χ0n) is 9.33. The molecule has 0 aliphatic carbocycles. The van der Waals surface area contributed by atoms with E-state index in [0.29, 0.717) is 6.61 Å². The largest absolute Gasteiger partial charge is 0.491 e. The van der Waals surface area contributed by atoms with E-state index in [1.54, 1.807) is 6.07 Å². The topological polar surface area (TPSA) is 44.5 Å². The number of nitrogens with two attached hydrogens (primary N) is 1. The second-order valence-corrected chi connectivity index (χ2v) is 3.40.